The van der Waals surface area contributed by atoms with E-state index in [1.807, 2.05) is 19.3 Å². The number of anilines is 2. The number of non-ortho nitro benzene ring substituents is 1. The van der Waals surface area contributed by atoms with Crippen molar-refractivity contribution in [3.05, 3.63) is 46.3 Å². The number of hydrogen-bond acceptors (Lipinski definition) is 6. The van der Waals surface area contributed by atoms with Crippen LogP contribution in [0.5, 0.6) is 0 Å². The molecular weight excluding hydrogens is 260 g/mol. The fourth-order valence-electron chi connectivity index (χ4n) is 1.83. The van der Waals surface area contributed by atoms with E-state index in [1.165, 1.54) is 12.1 Å². The van der Waals surface area contributed by atoms with Crippen LogP contribution in [0.15, 0.2) is 30.5 Å². The zero-order chi connectivity index (χ0) is 14.5. The van der Waals surface area contributed by atoms with E-state index in [4.69, 9.17) is 5.84 Å². The van der Waals surface area contributed by atoms with Gasteiger partial charge in [-0.3, -0.25) is 20.6 Å². The summed E-state index contributed by atoms with van der Waals surface area (Å²) in [6, 6.07) is 6.50. The molecule has 0 unspecified atom stereocenters. The van der Waals surface area contributed by atoms with E-state index in [0.29, 0.717) is 17.9 Å². The van der Waals surface area contributed by atoms with Crippen LogP contribution in [0.2, 0.25) is 0 Å². The Bertz CT molecular complexity index is 610. The molecule has 20 heavy (non-hydrogen) atoms. The third-order valence-corrected chi connectivity index (χ3v) is 2.77. The largest absolute Gasteiger partial charge is 0.384 e. The molecule has 1 aromatic carbocycles. The average molecular weight is 276 g/mol. The number of nitro benzene ring substituents is 1. The van der Waals surface area contributed by atoms with E-state index in [1.54, 1.807) is 10.7 Å². The van der Waals surface area contributed by atoms with Crippen LogP contribution in [-0.4, -0.2) is 21.2 Å². The number of aryl methyl sites for hydroxylation is 1. The molecule has 0 aliphatic carbocycles. The van der Waals surface area contributed by atoms with Gasteiger partial charge in [0.15, 0.2) is 0 Å². The number of nitrogens with two attached hydrogens (primary N) is 1. The molecule has 4 N–H and O–H groups in total. The van der Waals surface area contributed by atoms with Crippen molar-refractivity contribution in [2.45, 2.75) is 6.42 Å². The summed E-state index contributed by atoms with van der Waals surface area (Å²) >= 11 is 0. The predicted molar refractivity (Wildman–Crippen MR) is 76.3 cm³/mol. The monoisotopic (exact) mass is 276 g/mol. The van der Waals surface area contributed by atoms with Crippen LogP contribution < -0.4 is 16.6 Å². The highest BCUT2D eigenvalue weighted by Crippen LogP contribution is 2.23. The number of aromatic nitrogens is 2. The minimum Gasteiger partial charge on any atom is -0.384 e. The van der Waals surface area contributed by atoms with Gasteiger partial charge in [-0.15, -0.1) is 0 Å². The number of nitrogens with zero attached hydrogens (tertiary/aromatic N) is 3. The van der Waals surface area contributed by atoms with Crippen LogP contribution in [0.3, 0.4) is 0 Å². The van der Waals surface area contributed by atoms with Gasteiger partial charge in [-0.05, 0) is 12.1 Å². The molecule has 0 spiro atoms. The van der Waals surface area contributed by atoms with E-state index in [9.17, 15) is 10.1 Å². The summed E-state index contributed by atoms with van der Waals surface area (Å²) in [5, 5.41) is 18.2. The summed E-state index contributed by atoms with van der Waals surface area (Å²) in [5.41, 5.74) is 4.49. The Hall–Kier alpha value is -2.61. The van der Waals surface area contributed by atoms with Crippen LogP contribution in [0, 0.1) is 10.1 Å². The van der Waals surface area contributed by atoms with Crippen LogP contribution >= 0.6 is 0 Å². The molecule has 106 valence electrons. The highest BCUT2D eigenvalue weighted by Gasteiger charge is 2.09. The normalized spacial score (nSPS) is 10.3. The summed E-state index contributed by atoms with van der Waals surface area (Å²) < 4.78 is 1.74. The molecule has 1 heterocycles. The van der Waals surface area contributed by atoms with Gasteiger partial charge in [-0.2, -0.15) is 5.10 Å². The highest BCUT2D eigenvalue weighted by atomic mass is 16.6. The third-order valence-electron chi connectivity index (χ3n) is 2.77. The van der Waals surface area contributed by atoms with Crippen molar-refractivity contribution in [1.29, 1.82) is 0 Å². The zero-order valence-corrected chi connectivity index (χ0v) is 11.0. The molecule has 0 atom stereocenters. The van der Waals surface area contributed by atoms with E-state index in [2.05, 4.69) is 15.8 Å². The maximum Gasteiger partial charge on any atom is 0.273 e. The van der Waals surface area contributed by atoms with Crippen molar-refractivity contribution in [3.63, 3.8) is 0 Å². The molecule has 0 bridgehead atoms. The van der Waals surface area contributed by atoms with Crippen molar-refractivity contribution in [1.82, 2.24) is 9.78 Å². The first kappa shape index (κ1) is 13.8. The van der Waals surface area contributed by atoms with Gasteiger partial charge in [0.1, 0.15) is 0 Å². The number of rotatable bonds is 6. The van der Waals surface area contributed by atoms with Crippen molar-refractivity contribution in [2.75, 3.05) is 17.3 Å². The summed E-state index contributed by atoms with van der Waals surface area (Å²) in [6.07, 6.45) is 2.61. The Labute approximate surface area is 115 Å². The summed E-state index contributed by atoms with van der Waals surface area (Å²) in [6.45, 7) is 0.627. The molecule has 0 amide bonds. The van der Waals surface area contributed by atoms with E-state index >= 15 is 0 Å². The third kappa shape index (κ3) is 3.45. The topological polar surface area (TPSA) is 111 Å². The number of nitrogen functional groups attached to an aromatic ring is 1. The van der Waals surface area contributed by atoms with Crippen LogP contribution in [0.1, 0.15) is 5.69 Å². The van der Waals surface area contributed by atoms with Crippen molar-refractivity contribution >= 4 is 17.1 Å². The second kappa shape index (κ2) is 6.02. The maximum atomic E-state index is 10.8. The van der Waals surface area contributed by atoms with Gasteiger partial charge in [0.2, 0.25) is 0 Å². The van der Waals surface area contributed by atoms with E-state index < -0.39 is 4.92 Å². The van der Waals surface area contributed by atoms with Crippen LogP contribution in [-0.2, 0) is 13.5 Å². The second-order valence-corrected chi connectivity index (χ2v) is 4.33. The molecule has 8 heteroatoms. The smallest absolute Gasteiger partial charge is 0.273 e. The Morgan fingerprint density at radius 1 is 1.40 bits per heavy atom. The van der Waals surface area contributed by atoms with Gasteiger partial charge < -0.3 is 10.7 Å². The molecule has 0 aliphatic heterocycles. The van der Waals surface area contributed by atoms with Crippen LogP contribution in [0.4, 0.5) is 17.1 Å². The number of hydrogen-bond donors (Lipinski definition) is 3. The molecule has 2 rings (SSSR count). The summed E-state index contributed by atoms with van der Waals surface area (Å²) in [7, 11) is 1.86. The van der Waals surface area contributed by atoms with Crippen molar-refractivity contribution in [3.8, 4) is 0 Å². The lowest BCUT2D eigenvalue weighted by Gasteiger charge is -2.07. The predicted octanol–water partition coefficient (Wildman–Crippen LogP) is 1.27. The molecule has 8 nitrogen and oxygen atoms in total. The van der Waals surface area contributed by atoms with Gasteiger partial charge in [-0.25, -0.2) is 0 Å². The summed E-state index contributed by atoms with van der Waals surface area (Å²) in [5.74, 6) is 5.30. The molecule has 1 aromatic heterocycles. The van der Waals surface area contributed by atoms with E-state index in [-0.39, 0.29) is 5.69 Å². The Balaban J connectivity index is 2.01. The molecule has 0 saturated heterocycles. The number of nitrogens with one attached hydrogen (secondary N) is 2. The van der Waals surface area contributed by atoms with Crippen LogP contribution in [0.25, 0.3) is 0 Å². The molecule has 0 radical (unpaired) electrons. The lowest BCUT2D eigenvalue weighted by Crippen LogP contribution is -2.09. The molecule has 2 aromatic rings. The Kier molecular flexibility index (Phi) is 4.16. The number of nitro groups is 1. The zero-order valence-electron chi connectivity index (χ0n) is 11.0. The quantitative estimate of drug-likeness (QED) is 0.416. The first-order valence-corrected chi connectivity index (χ1v) is 6.07. The molecule has 0 fully saturated rings. The fourth-order valence-corrected chi connectivity index (χ4v) is 1.83. The van der Waals surface area contributed by atoms with Gasteiger partial charge >= 0.3 is 0 Å². The number of hydrazine groups is 1. The SMILES string of the molecule is Cn1ccc(CCNc2cc(NN)cc([N+](=O)[O-])c2)n1. The van der Waals surface area contributed by atoms with E-state index in [0.717, 1.165) is 12.1 Å². The minimum absolute atomic E-state index is 0.0132. The van der Waals surface area contributed by atoms with Crippen molar-refractivity contribution < 1.29 is 4.92 Å². The summed E-state index contributed by atoms with van der Waals surface area (Å²) in [4.78, 5) is 10.4. The van der Waals surface area contributed by atoms with Crippen molar-refractivity contribution in [2.24, 2.45) is 12.9 Å². The van der Waals surface area contributed by atoms with Gasteiger partial charge in [-0.1, -0.05) is 0 Å². The second-order valence-electron chi connectivity index (χ2n) is 4.33. The molecular formula is C12H16N6O2. The minimum atomic E-state index is -0.454. The first-order chi connectivity index (χ1) is 9.58. The maximum absolute atomic E-state index is 10.8. The number of benzene rings is 1. The fraction of sp³-hybridized carbons (Fsp3) is 0.250. The lowest BCUT2D eigenvalue weighted by atomic mass is 10.2. The Morgan fingerprint density at radius 2 is 2.15 bits per heavy atom. The first-order valence-electron chi connectivity index (χ1n) is 6.07. The van der Waals surface area contributed by atoms with Gasteiger partial charge in [0.05, 0.1) is 16.3 Å². The highest BCUT2D eigenvalue weighted by molar-refractivity contribution is 5.63. The van der Waals surface area contributed by atoms with Gasteiger partial charge in [0, 0.05) is 44.0 Å². The van der Waals surface area contributed by atoms with Gasteiger partial charge in [0.25, 0.3) is 5.69 Å². The standard InChI is InChI=1S/C12H16N6O2/c1-17-5-3-9(16-17)2-4-14-10-6-11(15-13)8-12(7-10)18(19)20/h3,5-8,14-15H,2,4,13H2,1H3. The average Bonchev–Trinajstić information content (AvgIpc) is 2.84. The molecule has 0 saturated carbocycles. The Morgan fingerprint density at radius 3 is 2.75 bits per heavy atom. The lowest BCUT2D eigenvalue weighted by molar-refractivity contribution is -0.384. The molecule has 0 aliphatic rings.